The van der Waals surface area contributed by atoms with Crippen molar-refractivity contribution in [2.45, 2.75) is 38.8 Å². The molecule has 1 aliphatic heterocycles. The third-order valence-electron chi connectivity index (χ3n) is 5.59. The summed E-state index contributed by atoms with van der Waals surface area (Å²) in [7, 11) is 0. The molecule has 2 aromatic rings. The molecule has 0 saturated carbocycles. The van der Waals surface area contributed by atoms with Crippen LogP contribution in [-0.4, -0.2) is 85.4 Å². The number of amides is 4. The van der Waals surface area contributed by atoms with E-state index in [1.807, 2.05) is 12.1 Å². The molecule has 0 bridgehead atoms. The highest BCUT2D eigenvalue weighted by Gasteiger charge is 2.35. The Bertz CT molecular complexity index is 1140. The number of anilines is 1. The first-order valence-electron chi connectivity index (χ1n) is 11.2. The molecule has 1 unspecified atom stereocenters. The van der Waals surface area contributed by atoms with E-state index in [0.717, 1.165) is 5.56 Å². The Kier molecular flexibility index (Phi) is 7.75. The average molecular weight is 487 g/mol. The van der Waals surface area contributed by atoms with Gasteiger partial charge in [0.2, 0.25) is 5.91 Å². The van der Waals surface area contributed by atoms with Crippen LogP contribution in [0.5, 0.6) is 0 Å². The van der Waals surface area contributed by atoms with Crippen molar-refractivity contribution in [1.82, 2.24) is 24.7 Å². The number of nitrogens with zero attached hydrogens (tertiary/aromatic N) is 4. The number of carbonyl (C=O) groups is 3. The average Bonchev–Trinajstić information content (AvgIpc) is 2.78. The fourth-order valence-corrected chi connectivity index (χ4v) is 3.82. The number of carboxylic acid groups (broad SMARTS) is 1. The van der Waals surface area contributed by atoms with Gasteiger partial charge in [-0.2, -0.15) is 4.98 Å². The van der Waals surface area contributed by atoms with Gasteiger partial charge in [0, 0.05) is 32.4 Å². The van der Waals surface area contributed by atoms with Crippen LogP contribution in [0.2, 0.25) is 0 Å². The predicted molar refractivity (Wildman–Crippen MR) is 128 cm³/mol. The summed E-state index contributed by atoms with van der Waals surface area (Å²) >= 11 is 0. The molecular formula is C23H30N6O6. The third-order valence-corrected chi connectivity index (χ3v) is 5.59. The lowest BCUT2D eigenvalue weighted by atomic mass is 10.0. The SMILES string of the molecule is CC(O)Cc1ccc(-n2ccc(NC(=O)N3CCN(C(=O)C(C)(C)NC(=O)O)CC3)nc2=O)cc1. The van der Waals surface area contributed by atoms with Crippen molar-refractivity contribution < 1.29 is 24.6 Å². The molecule has 2 heterocycles. The van der Waals surface area contributed by atoms with Gasteiger partial charge in [-0.1, -0.05) is 12.1 Å². The zero-order chi connectivity index (χ0) is 25.8. The number of aromatic nitrogens is 2. The van der Waals surface area contributed by atoms with Gasteiger partial charge in [0.15, 0.2) is 0 Å². The normalized spacial score (nSPS) is 14.9. The van der Waals surface area contributed by atoms with Crippen molar-refractivity contribution in [2.75, 3.05) is 31.5 Å². The smallest absolute Gasteiger partial charge is 0.405 e. The number of benzene rings is 1. The summed E-state index contributed by atoms with van der Waals surface area (Å²) in [4.78, 5) is 55.6. The number of nitrogens with one attached hydrogen (secondary N) is 2. The fraction of sp³-hybridized carbons (Fsp3) is 0.435. The van der Waals surface area contributed by atoms with Gasteiger partial charge < -0.3 is 25.3 Å². The maximum atomic E-state index is 12.6. The largest absolute Gasteiger partial charge is 0.465 e. The summed E-state index contributed by atoms with van der Waals surface area (Å²) in [5.41, 5.74) is -0.288. The van der Waals surface area contributed by atoms with Crippen LogP contribution in [0.1, 0.15) is 26.3 Å². The molecule has 4 amide bonds. The van der Waals surface area contributed by atoms with Crippen LogP contribution in [0, 0.1) is 0 Å². The second kappa shape index (κ2) is 10.6. The van der Waals surface area contributed by atoms with Crippen molar-refractivity contribution in [2.24, 2.45) is 0 Å². The number of aliphatic hydroxyl groups is 1. The van der Waals surface area contributed by atoms with E-state index >= 15 is 0 Å². The number of hydrogen-bond acceptors (Lipinski definition) is 6. The van der Waals surface area contributed by atoms with Crippen LogP contribution in [0.15, 0.2) is 41.3 Å². The molecular weight excluding hydrogens is 456 g/mol. The van der Waals surface area contributed by atoms with Crippen LogP contribution in [-0.2, 0) is 11.2 Å². The van der Waals surface area contributed by atoms with Crippen molar-refractivity contribution in [3.05, 3.63) is 52.6 Å². The molecule has 1 atom stereocenters. The van der Waals surface area contributed by atoms with E-state index in [-0.39, 0.29) is 37.9 Å². The predicted octanol–water partition coefficient (Wildman–Crippen LogP) is 0.878. The number of hydrogen-bond donors (Lipinski definition) is 4. The Balaban J connectivity index is 1.58. The Morgan fingerprint density at radius 1 is 1.06 bits per heavy atom. The van der Waals surface area contributed by atoms with Crippen molar-refractivity contribution >= 4 is 23.8 Å². The number of urea groups is 1. The lowest BCUT2D eigenvalue weighted by molar-refractivity contribution is -0.138. The minimum atomic E-state index is -1.29. The molecule has 1 aliphatic rings. The van der Waals surface area contributed by atoms with Crippen molar-refractivity contribution in [3.63, 3.8) is 0 Å². The van der Waals surface area contributed by atoms with Gasteiger partial charge in [0.05, 0.1) is 11.8 Å². The second-order valence-electron chi connectivity index (χ2n) is 8.95. The van der Waals surface area contributed by atoms with E-state index in [9.17, 15) is 24.3 Å². The van der Waals surface area contributed by atoms with Gasteiger partial charge >= 0.3 is 17.8 Å². The lowest BCUT2D eigenvalue weighted by Gasteiger charge is -2.38. The van der Waals surface area contributed by atoms with Crippen molar-refractivity contribution in [1.29, 1.82) is 0 Å². The van der Waals surface area contributed by atoms with Crippen LogP contribution >= 0.6 is 0 Å². The zero-order valence-corrected chi connectivity index (χ0v) is 19.9. The Morgan fingerprint density at radius 3 is 2.20 bits per heavy atom. The topological polar surface area (TPSA) is 157 Å². The third kappa shape index (κ3) is 6.57. The van der Waals surface area contributed by atoms with E-state index in [0.29, 0.717) is 12.1 Å². The van der Waals surface area contributed by atoms with Gasteiger partial charge in [-0.05, 0) is 51.0 Å². The monoisotopic (exact) mass is 486 g/mol. The van der Waals surface area contributed by atoms with Crippen LogP contribution < -0.4 is 16.3 Å². The van der Waals surface area contributed by atoms with Crippen LogP contribution in [0.3, 0.4) is 0 Å². The molecule has 3 rings (SSSR count). The number of carbonyl (C=O) groups excluding carboxylic acids is 2. The number of piperazine rings is 1. The van der Waals surface area contributed by atoms with Gasteiger partial charge in [-0.15, -0.1) is 0 Å². The minimum absolute atomic E-state index is 0.104. The molecule has 35 heavy (non-hydrogen) atoms. The van der Waals surface area contributed by atoms with Gasteiger partial charge in [-0.25, -0.2) is 14.4 Å². The summed E-state index contributed by atoms with van der Waals surface area (Å²) in [5, 5.41) is 23.2. The molecule has 1 aromatic carbocycles. The Morgan fingerprint density at radius 2 is 1.66 bits per heavy atom. The van der Waals surface area contributed by atoms with E-state index < -0.39 is 29.5 Å². The quantitative estimate of drug-likeness (QED) is 0.472. The molecule has 188 valence electrons. The number of aliphatic hydroxyl groups excluding tert-OH is 1. The fourth-order valence-electron chi connectivity index (χ4n) is 3.82. The highest BCUT2D eigenvalue weighted by Crippen LogP contribution is 2.13. The van der Waals surface area contributed by atoms with Gasteiger partial charge in [-0.3, -0.25) is 14.7 Å². The molecule has 1 saturated heterocycles. The summed E-state index contributed by atoms with van der Waals surface area (Å²) in [5.74, 6) is -0.267. The maximum Gasteiger partial charge on any atom is 0.405 e. The summed E-state index contributed by atoms with van der Waals surface area (Å²) in [6.07, 6.45) is 0.280. The zero-order valence-electron chi connectivity index (χ0n) is 19.9. The maximum absolute atomic E-state index is 12.6. The molecule has 1 fully saturated rings. The summed E-state index contributed by atoms with van der Waals surface area (Å²) in [6, 6.07) is 8.23. The molecule has 0 spiro atoms. The van der Waals surface area contributed by atoms with Gasteiger partial charge in [0.1, 0.15) is 11.4 Å². The summed E-state index contributed by atoms with van der Waals surface area (Å²) in [6.45, 7) is 5.66. The van der Waals surface area contributed by atoms with E-state index in [1.165, 1.54) is 40.5 Å². The second-order valence-corrected chi connectivity index (χ2v) is 8.95. The van der Waals surface area contributed by atoms with E-state index in [4.69, 9.17) is 5.11 Å². The first kappa shape index (κ1) is 25.7. The van der Waals surface area contributed by atoms with Crippen LogP contribution in [0.4, 0.5) is 15.4 Å². The molecule has 12 nitrogen and oxygen atoms in total. The molecule has 0 radical (unpaired) electrons. The highest BCUT2D eigenvalue weighted by molar-refractivity contribution is 5.90. The van der Waals surface area contributed by atoms with Gasteiger partial charge in [0.25, 0.3) is 0 Å². The first-order chi connectivity index (χ1) is 16.5. The minimum Gasteiger partial charge on any atom is -0.465 e. The number of rotatable bonds is 6. The highest BCUT2D eigenvalue weighted by atomic mass is 16.4. The first-order valence-corrected chi connectivity index (χ1v) is 11.2. The van der Waals surface area contributed by atoms with Crippen LogP contribution in [0.25, 0.3) is 5.69 Å². The molecule has 4 N–H and O–H groups in total. The standard InChI is InChI=1S/C23H30N6O6/c1-15(30)14-16-4-6-17(7-5-16)29-9-8-18(25-21(29)33)24-20(32)28-12-10-27(11-13-28)19(31)23(2,3)26-22(34)35/h4-9,15,26,30H,10-14H2,1-3H3,(H,34,35)(H,24,25,32,33). The Labute approximate surface area is 202 Å². The molecule has 1 aromatic heterocycles. The van der Waals surface area contributed by atoms with Crippen molar-refractivity contribution in [3.8, 4) is 5.69 Å². The molecule has 12 heteroatoms. The lowest BCUT2D eigenvalue weighted by Crippen LogP contribution is -2.60. The van der Waals surface area contributed by atoms with E-state index in [2.05, 4.69) is 15.6 Å². The summed E-state index contributed by atoms with van der Waals surface area (Å²) < 4.78 is 1.35. The molecule has 0 aliphatic carbocycles. The van der Waals surface area contributed by atoms with E-state index in [1.54, 1.807) is 19.1 Å². The Hall–Kier alpha value is -3.93.